The van der Waals surface area contributed by atoms with Crippen molar-refractivity contribution >= 4 is 17.0 Å². The molecule has 0 spiro atoms. The molecule has 5 aromatic rings. The number of carbonyl (C=O) groups excluding carboxylic acids is 1. The number of methoxy groups -OCH3 is 2. The Kier molecular flexibility index (Phi) is 6.18. The second-order valence-electron chi connectivity index (χ2n) is 8.01. The van der Waals surface area contributed by atoms with E-state index in [1.165, 1.54) is 19.8 Å². The SMILES string of the molecule is COc1cc(OC)cc(C(=O)Oc2ccc(-c3nc4ccccc4n3Cc3ccccc3)cc2)c1. The zero-order valence-corrected chi connectivity index (χ0v) is 19.5. The van der Waals surface area contributed by atoms with Gasteiger partial charge in [-0.05, 0) is 54.1 Å². The van der Waals surface area contributed by atoms with E-state index in [9.17, 15) is 4.79 Å². The van der Waals surface area contributed by atoms with Crippen LogP contribution >= 0.6 is 0 Å². The van der Waals surface area contributed by atoms with Gasteiger partial charge in [-0.3, -0.25) is 0 Å². The molecule has 1 aromatic heterocycles. The van der Waals surface area contributed by atoms with Crippen LogP contribution in [0.1, 0.15) is 15.9 Å². The van der Waals surface area contributed by atoms with Gasteiger partial charge in [0.2, 0.25) is 0 Å². The minimum Gasteiger partial charge on any atom is -0.497 e. The molecule has 6 nitrogen and oxygen atoms in total. The number of fused-ring (bicyclic) bond motifs is 1. The summed E-state index contributed by atoms with van der Waals surface area (Å²) < 4.78 is 18.3. The Morgan fingerprint density at radius 1 is 0.771 bits per heavy atom. The lowest BCUT2D eigenvalue weighted by Crippen LogP contribution is -2.09. The topological polar surface area (TPSA) is 62.6 Å². The van der Waals surface area contributed by atoms with Crippen LogP contribution in [0.25, 0.3) is 22.4 Å². The van der Waals surface area contributed by atoms with Crippen molar-refractivity contribution in [3.05, 3.63) is 108 Å². The Bertz CT molecular complexity index is 1450. The Labute approximate surface area is 203 Å². The number of nitrogens with zero attached hydrogens (tertiary/aromatic N) is 2. The number of para-hydroxylation sites is 2. The van der Waals surface area contributed by atoms with Crippen molar-refractivity contribution in [1.82, 2.24) is 9.55 Å². The van der Waals surface area contributed by atoms with Crippen molar-refractivity contribution in [2.75, 3.05) is 14.2 Å². The maximum Gasteiger partial charge on any atom is 0.343 e. The molecule has 0 aliphatic heterocycles. The molecule has 1 heterocycles. The van der Waals surface area contributed by atoms with Crippen molar-refractivity contribution in [3.63, 3.8) is 0 Å². The number of benzene rings is 4. The molecule has 35 heavy (non-hydrogen) atoms. The Hall–Kier alpha value is -4.58. The number of imidazole rings is 1. The molecular weight excluding hydrogens is 440 g/mol. The predicted octanol–water partition coefficient (Wildman–Crippen LogP) is 5.99. The van der Waals surface area contributed by atoms with E-state index in [2.05, 4.69) is 22.8 Å². The summed E-state index contributed by atoms with van der Waals surface area (Å²) in [4.78, 5) is 17.6. The molecule has 5 rings (SSSR count). The van der Waals surface area contributed by atoms with E-state index in [4.69, 9.17) is 19.2 Å². The first-order valence-corrected chi connectivity index (χ1v) is 11.2. The fraction of sp³-hybridized carbons (Fsp3) is 0.103. The monoisotopic (exact) mass is 464 g/mol. The minimum atomic E-state index is -0.494. The molecule has 4 aromatic carbocycles. The van der Waals surface area contributed by atoms with Crippen LogP contribution in [0.5, 0.6) is 17.2 Å². The number of carbonyl (C=O) groups is 1. The number of hydrogen-bond acceptors (Lipinski definition) is 5. The third-order valence-electron chi connectivity index (χ3n) is 5.75. The molecule has 0 bridgehead atoms. The van der Waals surface area contributed by atoms with Gasteiger partial charge >= 0.3 is 5.97 Å². The zero-order valence-electron chi connectivity index (χ0n) is 19.5. The smallest absolute Gasteiger partial charge is 0.343 e. The fourth-order valence-corrected chi connectivity index (χ4v) is 3.99. The van der Waals surface area contributed by atoms with Gasteiger partial charge in [-0.1, -0.05) is 42.5 Å². The first kappa shape index (κ1) is 22.2. The summed E-state index contributed by atoms with van der Waals surface area (Å²) in [7, 11) is 3.07. The second-order valence-corrected chi connectivity index (χ2v) is 8.01. The summed E-state index contributed by atoms with van der Waals surface area (Å²) in [6, 6.07) is 30.7. The molecule has 0 N–H and O–H groups in total. The highest BCUT2D eigenvalue weighted by atomic mass is 16.5. The zero-order chi connectivity index (χ0) is 24.2. The van der Waals surface area contributed by atoms with Gasteiger partial charge in [0.1, 0.15) is 23.1 Å². The molecule has 174 valence electrons. The van der Waals surface area contributed by atoms with Crippen LogP contribution in [0, 0.1) is 0 Å². The van der Waals surface area contributed by atoms with Crippen molar-refractivity contribution < 1.29 is 19.0 Å². The maximum atomic E-state index is 12.7. The van der Waals surface area contributed by atoms with Gasteiger partial charge < -0.3 is 18.8 Å². The molecule has 6 heteroatoms. The first-order chi connectivity index (χ1) is 17.1. The quantitative estimate of drug-likeness (QED) is 0.219. The molecule has 0 radical (unpaired) electrons. The van der Waals surface area contributed by atoms with Crippen LogP contribution < -0.4 is 14.2 Å². The lowest BCUT2D eigenvalue weighted by Gasteiger charge is -2.11. The average molecular weight is 465 g/mol. The highest BCUT2D eigenvalue weighted by Gasteiger charge is 2.15. The van der Waals surface area contributed by atoms with Gasteiger partial charge in [0.05, 0.1) is 30.8 Å². The minimum absolute atomic E-state index is 0.343. The van der Waals surface area contributed by atoms with Gasteiger partial charge in [-0.15, -0.1) is 0 Å². The Morgan fingerprint density at radius 3 is 2.11 bits per heavy atom. The van der Waals surface area contributed by atoms with Crippen molar-refractivity contribution in [2.24, 2.45) is 0 Å². The lowest BCUT2D eigenvalue weighted by molar-refractivity contribution is 0.0734. The molecule has 0 aliphatic rings. The van der Waals surface area contributed by atoms with E-state index in [1.54, 1.807) is 30.3 Å². The van der Waals surface area contributed by atoms with Crippen molar-refractivity contribution in [2.45, 2.75) is 6.54 Å². The van der Waals surface area contributed by atoms with Crippen molar-refractivity contribution in [1.29, 1.82) is 0 Å². The molecular formula is C29H24N2O4. The number of ether oxygens (including phenoxy) is 3. The van der Waals surface area contributed by atoms with Gasteiger partial charge in [0, 0.05) is 18.2 Å². The summed E-state index contributed by atoms with van der Waals surface area (Å²) in [6.45, 7) is 0.700. The van der Waals surface area contributed by atoms with Crippen LogP contribution in [-0.4, -0.2) is 29.7 Å². The maximum absolute atomic E-state index is 12.7. The predicted molar refractivity (Wildman–Crippen MR) is 135 cm³/mol. The number of hydrogen-bond donors (Lipinski definition) is 0. The van der Waals surface area contributed by atoms with Gasteiger partial charge in [0.15, 0.2) is 0 Å². The van der Waals surface area contributed by atoms with Gasteiger partial charge in [0.25, 0.3) is 0 Å². The van der Waals surface area contributed by atoms with Crippen LogP contribution in [0.15, 0.2) is 97.1 Å². The van der Waals surface area contributed by atoms with Gasteiger partial charge in [-0.25, -0.2) is 9.78 Å². The largest absolute Gasteiger partial charge is 0.497 e. The molecule has 0 amide bonds. The van der Waals surface area contributed by atoms with Crippen LogP contribution in [0.2, 0.25) is 0 Å². The van der Waals surface area contributed by atoms with E-state index in [0.29, 0.717) is 29.4 Å². The number of rotatable bonds is 7. The normalized spacial score (nSPS) is 10.8. The van der Waals surface area contributed by atoms with Crippen LogP contribution in [0.3, 0.4) is 0 Å². The standard InChI is InChI=1S/C29H24N2O4/c1-33-24-16-22(17-25(18-24)34-2)29(32)35-23-14-12-21(13-15-23)28-30-26-10-6-7-11-27(26)31(28)19-20-8-4-3-5-9-20/h3-18H,19H2,1-2H3. The second kappa shape index (κ2) is 9.73. The van der Waals surface area contributed by atoms with E-state index in [0.717, 1.165) is 22.4 Å². The summed E-state index contributed by atoms with van der Waals surface area (Å²) in [5.74, 6) is 1.83. The van der Waals surface area contributed by atoms with E-state index >= 15 is 0 Å². The summed E-state index contributed by atoms with van der Waals surface area (Å²) in [5, 5.41) is 0. The number of esters is 1. The first-order valence-electron chi connectivity index (χ1n) is 11.2. The highest BCUT2D eigenvalue weighted by molar-refractivity contribution is 5.92. The highest BCUT2D eigenvalue weighted by Crippen LogP contribution is 2.28. The van der Waals surface area contributed by atoms with E-state index in [-0.39, 0.29) is 0 Å². The lowest BCUT2D eigenvalue weighted by atomic mass is 10.1. The summed E-state index contributed by atoms with van der Waals surface area (Å²) >= 11 is 0. The summed E-state index contributed by atoms with van der Waals surface area (Å²) in [6.07, 6.45) is 0. The number of aromatic nitrogens is 2. The van der Waals surface area contributed by atoms with E-state index < -0.39 is 5.97 Å². The van der Waals surface area contributed by atoms with Crippen molar-refractivity contribution in [3.8, 4) is 28.6 Å². The van der Waals surface area contributed by atoms with Crippen LogP contribution in [-0.2, 0) is 6.54 Å². The Balaban J connectivity index is 1.43. The van der Waals surface area contributed by atoms with Gasteiger partial charge in [-0.2, -0.15) is 0 Å². The molecule has 0 atom stereocenters. The summed E-state index contributed by atoms with van der Waals surface area (Å²) in [5.41, 5.74) is 4.46. The third kappa shape index (κ3) is 4.73. The molecule has 0 aliphatic carbocycles. The van der Waals surface area contributed by atoms with E-state index in [1.807, 2.05) is 48.5 Å². The van der Waals surface area contributed by atoms with Crippen LogP contribution in [0.4, 0.5) is 0 Å². The molecule has 0 unspecified atom stereocenters. The Morgan fingerprint density at radius 2 is 1.43 bits per heavy atom. The molecule has 0 saturated heterocycles. The molecule has 0 fully saturated rings. The third-order valence-corrected chi connectivity index (χ3v) is 5.75. The molecule has 0 saturated carbocycles. The average Bonchev–Trinajstić information content (AvgIpc) is 3.27. The fourth-order valence-electron chi connectivity index (χ4n) is 3.99.